The van der Waals surface area contributed by atoms with Crippen LogP contribution in [0.25, 0.3) is 0 Å². The molecule has 0 unspecified atom stereocenters. The molecular weight excluding hydrogens is 416 g/mol. The van der Waals surface area contributed by atoms with E-state index in [2.05, 4.69) is 10.6 Å². The molecule has 1 aliphatic rings. The van der Waals surface area contributed by atoms with Gasteiger partial charge in [-0.05, 0) is 55.2 Å². The number of carbonyl (C=O) groups is 3. The zero-order valence-electron chi connectivity index (χ0n) is 19.6. The predicted octanol–water partition coefficient (Wildman–Crippen LogP) is 3.77. The van der Waals surface area contributed by atoms with Crippen molar-refractivity contribution in [2.24, 2.45) is 0 Å². The number of rotatable bonds is 8. The number of anilines is 2. The van der Waals surface area contributed by atoms with Crippen molar-refractivity contribution in [2.75, 3.05) is 44.4 Å². The fourth-order valence-corrected chi connectivity index (χ4v) is 3.84. The number of nitrogens with one attached hydrogen (secondary N) is 2. The van der Waals surface area contributed by atoms with Crippen molar-refractivity contribution in [2.45, 2.75) is 38.5 Å². The van der Waals surface area contributed by atoms with E-state index in [4.69, 9.17) is 0 Å². The van der Waals surface area contributed by atoms with Crippen molar-refractivity contribution < 1.29 is 14.4 Å². The van der Waals surface area contributed by atoms with E-state index >= 15 is 0 Å². The minimum Gasteiger partial charge on any atom is -0.376 e. The Bertz CT molecular complexity index is 948. The molecule has 0 spiro atoms. The van der Waals surface area contributed by atoms with Crippen LogP contribution < -0.4 is 10.6 Å². The second-order valence-corrected chi connectivity index (χ2v) is 8.67. The van der Waals surface area contributed by atoms with E-state index in [0.29, 0.717) is 24.1 Å². The van der Waals surface area contributed by atoms with Crippen molar-refractivity contribution in [3.05, 3.63) is 59.7 Å². The van der Waals surface area contributed by atoms with Crippen molar-refractivity contribution in [3.63, 3.8) is 0 Å². The minimum absolute atomic E-state index is 0.0264. The Morgan fingerprint density at radius 3 is 2.27 bits per heavy atom. The quantitative estimate of drug-likeness (QED) is 0.641. The Balaban J connectivity index is 1.48. The molecular formula is C26H34N4O3. The summed E-state index contributed by atoms with van der Waals surface area (Å²) in [5, 5.41) is 5.97. The third-order valence-electron chi connectivity index (χ3n) is 5.82. The van der Waals surface area contributed by atoms with Crippen molar-refractivity contribution in [3.8, 4) is 0 Å². The van der Waals surface area contributed by atoms with E-state index in [1.54, 1.807) is 43.3 Å². The number of hydrogen-bond donors (Lipinski definition) is 2. The molecule has 3 rings (SSSR count). The molecule has 3 amide bonds. The van der Waals surface area contributed by atoms with Gasteiger partial charge in [-0.15, -0.1) is 0 Å². The molecule has 0 aliphatic carbocycles. The number of amides is 3. The van der Waals surface area contributed by atoms with Gasteiger partial charge in [0, 0.05) is 50.5 Å². The van der Waals surface area contributed by atoms with Crippen LogP contribution in [0.15, 0.2) is 48.5 Å². The lowest BCUT2D eigenvalue weighted by molar-refractivity contribution is -0.128. The second-order valence-electron chi connectivity index (χ2n) is 8.67. The highest BCUT2D eigenvalue weighted by Crippen LogP contribution is 2.17. The van der Waals surface area contributed by atoms with E-state index in [0.717, 1.165) is 37.2 Å². The fourth-order valence-electron chi connectivity index (χ4n) is 3.84. The highest BCUT2D eigenvalue weighted by molar-refractivity contribution is 5.98. The zero-order chi connectivity index (χ0) is 23.6. The average molecular weight is 451 g/mol. The molecule has 2 aromatic carbocycles. The summed E-state index contributed by atoms with van der Waals surface area (Å²) in [7, 11) is 3.51. The maximum atomic E-state index is 12.8. The third-order valence-corrected chi connectivity index (χ3v) is 5.82. The maximum absolute atomic E-state index is 12.8. The minimum atomic E-state index is -0.185. The van der Waals surface area contributed by atoms with Crippen LogP contribution in [0.4, 0.5) is 11.4 Å². The monoisotopic (exact) mass is 450 g/mol. The van der Waals surface area contributed by atoms with Crippen molar-refractivity contribution >= 4 is 29.1 Å². The molecule has 1 aliphatic heterocycles. The molecule has 0 atom stereocenters. The smallest absolute Gasteiger partial charge is 0.253 e. The van der Waals surface area contributed by atoms with Crippen LogP contribution in [0.5, 0.6) is 0 Å². The number of benzene rings is 2. The van der Waals surface area contributed by atoms with E-state index < -0.39 is 0 Å². The van der Waals surface area contributed by atoms with Crippen LogP contribution in [-0.4, -0.2) is 61.3 Å². The molecule has 1 heterocycles. The predicted molar refractivity (Wildman–Crippen MR) is 131 cm³/mol. The van der Waals surface area contributed by atoms with Crippen LogP contribution in [0.2, 0.25) is 0 Å². The summed E-state index contributed by atoms with van der Waals surface area (Å²) in [6.07, 6.45) is 5.59. The molecule has 0 radical (unpaired) electrons. The molecule has 0 bridgehead atoms. The summed E-state index contributed by atoms with van der Waals surface area (Å²) in [5.41, 5.74) is 3.12. The largest absolute Gasteiger partial charge is 0.376 e. The Hall–Kier alpha value is -3.35. The summed E-state index contributed by atoms with van der Waals surface area (Å²) in [6, 6.07) is 14.9. The lowest BCUT2D eigenvalue weighted by Gasteiger charge is -2.20. The Morgan fingerprint density at radius 2 is 1.61 bits per heavy atom. The van der Waals surface area contributed by atoms with Gasteiger partial charge in [0.15, 0.2) is 0 Å². The van der Waals surface area contributed by atoms with Gasteiger partial charge >= 0.3 is 0 Å². The van der Waals surface area contributed by atoms with E-state index in [-0.39, 0.29) is 24.3 Å². The summed E-state index contributed by atoms with van der Waals surface area (Å²) >= 11 is 0. The highest BCUT2D eigenvalue weighted by Gasteiger charge is 2.17. The first-order chi connectivity index (χ1) is 15.9. The third kappa shape index (κ3) is 7.63. The van der Waals surface area contributed by atoms with Gasteiger partial charge in [-0.3, -0.25) is 14.4 Å². The normalized spacial score (nSPS) is 13.7. The SMILES string of the molecule is CN(C)C(=O)CCc1ccc(NCC(=O)Nc2cccc(C(=O)N3CCCCCC3)c2)cc1. The fraction of sp³-hybridized carbons (Fsp3) is 0.423. The van der Waals surface area contributed by atoms with Gasteiger partial charge in [-0.1, -0.05) is 31.0 Å². The van der Waals surface area contributed by atoms with Gasteiger partial charge in [0.1, 0.15) is 0 Å². The number of aryl methyl sites for hydroxylation is 1. The Morgan fingerprint density at radius 1 is 0.909 bits per heavy atom. The molecule has 2 aromatic rings. The number of likely N-dealkylation sites (tertiary alicyclic amines) is 1. The van der Waals surface area contributed by atoms with Crippen LogP contribution in [0.1, 0.15) is 48.0 Å². The van der Waals surface area contributed by atoms with Gasteiger partial charge in [0.05, 0.1) is 6.54 Å². The highest BCUT2D eigenvalue weighted by atomic mass is 16.2. The first kappa shape index (κ1) is 24.3. The zero-order valence-corrected chi connectivity index (χ0v) is 19.6. The summed E-state index contributed by atoms with van der Waals surface area (Å²) in [4.78, 5) is 40.5. The lowest BCUT2D eigenvalue weighted by atomic mass is 10.1. The van der Waals surface area contributed by atoms with Gasteiger partial charge < -0.3 is 20.4 Å². The molecule has 0 saturated carbocycles. The summed E-state index contributed by atoms with van der Waals surface area (Å²) < 4.78 is 0. The summed E-state index contributed by atoms with van der Waals surface area (Å²) in [6.45, 7) is 1.71. The second kappa shape index (κ2) is 12.0. The molecule has 0 aromatic heterocycles. The Labute approximate surface area is 196 Å². The van der Waals surface area contributed by atoms with Crippen LogP contribution >= 0.6 is 0 Å². The molecule has 1 fully saturated rings. The van der Waals surface area contributed by atoms with Crippen LogP contribution in [-0.2, 0) is 16.0 Å². The van der Waals surface area contributed by atoms with Crippen LogP contribution in [0.3, 0.4) is 0 Å². The van der Waals surface area contributed by atoms with Gasteiger partial charge in [-0.2, -0.15) is 0 Å². The van der Waals surface area contributed by atoms with E-state index in [9.17, 15) is 14.4 Å². The molecule has 2 N–H and O–H groups in total. The Kier molecular flexibility index (Phi) is 8.87. The molecule has 7 nitrogen and oxygen atoms in total. The standard InChI is InChI=1S/C26H34N4O3/c1-29(2)25(32)15-12-20-10-13-22(14-11-20)27-19-24(31)28-23-9-7-8-21(18-23)26(33)30-16-5-3-4-6-17-30/h7-11,13-14,18,27H,3-6,12,15-17,19H2,1-2H3,(H,28,31). The van der Waals surface area contributed by atoms with E-state index in [1.807, 2.05) is 29.2 Å². The van der Waals surface area contributed by atoms with E-state index in [1.165, 1.54) is 12.8 Å². The molecule has 33 heavy (non-hydrogen) atoms. The number of hydrogen-bond acceptors (Lipinski definition) is 4. The van der Waals surface area contributed by atoms with Crippen molar-refractivity contribution in [1.29, 1.82) is 0 Å². The number of carbonyl (C=O) groups excluding carboxylic acids is 3. The van der Waals surface area contributed by atoms with Gasteiger partial charge in [0.2, 0.25) is 11.8 Å². The molecule has 7 heteroatoms. The molecule has 176 valence electrons. The van der Waals surface area contributed by atoms with Crippen molar-refractivity contribution in [1.82, 2.24) is 9.80 Å². The van der Waals surface area contributed by atoms with Gasteiger partial charge in [-0.25, -0.2) is 0 Å². The average Bonchev–Trinajstić information content (AvgIpc) is 3.11. The van der Waals surface area contributed by atoms with Gasteiger partial charge in [0.25, 0.3) is 5.91 Å². The first-order valence-corrected chi connectivity index (χ1v) is 11.6. The maximum Gasteiger partial charge on any atom is 0.253 e. The number of nitrogens with zero attached hydrogens (tertiary/aromatic N) is 2. The molecule has 1 saturated heterocycles. The summed E-state index contributed by atoms with van der Waals surface area (Å²) in [5.74, 6) is -0.0559. The topological polar surface area (TPSA) is 81.8 Å². The first-order valence-electron chi connectivity index (χ1n) is 11.6. The lowest BCUT2D eigenvalue weighted by Crippen LogP contribution is -2.31. The van der Waals surface area contributed by atoms with Crippen LogP contribution in [0, 0.1) is 0 Å².